The van der Waals surface area contributed by atoms with Gasteiger partial charge in [0, 0.05) is 12.1 Å². The van der Waals surface area contributed by atoms with Gasteiger partial charge in [0.2, 0.25) is 5.91 Å². The zero-order chi connectivity index (χ0) is 15.5. The van der Waals surface area contributed by atoms with E-state index in [4.69, 9.17) is 0 Å². The number of nitrogens with two attached hydrogens (primary N) is 1. The van der Waals surface area contributed by atoms with E-state index in [1.165, 1.54) is 12.8 Å². The second-order valence-electron chi connectivity index (χ2n) is 6.48. The van der Waals surface area contributed by atoms with E-state index in [1.807, 2.05) is 31.2 Å². The predicted octanol–water partition coefficient (Wildman–Crippen LogP) is 0.697. The fraction of sp³-hybridized carbons (Fsp3) is 0.529. The minimum atomic E-state index is -0.302. The zero-order valence-corrected chi connectivity index (χ0v) is 13.0. The fourth-order valence-electron chi connectivity index (χ4n) is 3.54. The summed E-state index contributed by atoms with van der Waals surface area (Å²) in [5, 5.41) is 8.09. The maximum absolute atomic E-state index is 12.2. The molecule has 1 aliphatic heterocycles. The molecule has 22 heavy (non-hydrogen) atoms. The van der Waals surface area contributed by atoms with Crippen LogP contribution in [0, 0.1) is 6.92 Å². The summed E-state index contributed by atoms with van der Waals surface area (Å²) >= 11 is 0. The molecule has 118 valence electrons. The van der Waals surface area contributed by atoms with Crippen LogP contribution in [-0.4, -0.2) is 29.9 Å². The van der Waals surface area contributed by atoms with Crippen LogP contribution in [0.15, 0.2) is 24.3 Å². The van der Waals surface area contributed by atoms with Gasteiger partial charge in [-0.25, -0.2) is 0 Å². The maximum atomic E-state index is 12.2. The van der Waals surface area contributed by atoms with Gasteiger partial charge in [0.05, 0.1) is 12.5 Å². The highest BCUT2D eigenvalue weighted by molar-refractivity contribution is 5.95. The van der Waals surface area contributed by atoms with Crippen molar-refractivity contribution in [3.05, 3.63) is 29.8 Å². The molecular formula is C17H24N3O2+. The normalized spacial score (nSPS) is 27.7. The maximum Gasteiger partial charge on any atom is 0.279 e. The van der Waals surface area contributed by atoms with Gasteiger partial charge in [-0.05, 0) is 37.5 Å². The van der Waals surface area contributed by atoms with Crippen LogP contribution in [-0.2, 0) is 9.59 Å². The Labute approximate surface area is 130 Å². The van der Waals surface area contributed by atoms with E-state index in [0.717, 1.165) is 24.1 Å². The monoisotopic (exact) mass is 302 g/mol. The summed E-state index contributed by atoms with van der Waals surface area (Å²) in [5.74, 6) is -0.0983. The highest BCUT2D eigenvalue weighted by atomic mass is 16.2. The Kier molecular flexibility index (Phi) is 4.43. The lowest BCUT2D eigenvalue weighted by molar-refractivity contribution is -0.718. The molecule has 1 aromatic carbocycles. The van der Waals surface area contributed by atoms with Crippen LogP contribution in [0.2, 0.25) is 0 Å². The lowest BCUT2D eigenvalue weighted by atomic mass is 9.87. The number of fused-ring (bicyclic) bond motifs is 1. The molecule has 1 aromatic rings. The molecule has 1 saturated heterocycles. The minimum absolute atomic E-state index is 0.00235. The van der Waals surface area contributed by atoms with Crippen molar-refractivity contribution in [1.29, 1.82) is 0 Å². The van der Waals surface area contributed by atoms with E-state index < -0.39 is 0 Å². The third kappa shape index (κ3) is 3.47. The molecule has 0 bridgehead atoms. The predicted molar refractivity (Wildman–Crippen MR) is 84.3 cm³/mol. The van der Waals surface area contributed by atoms with E-state index in [1.54, 1.807) is 0 Å². The van der Waals surface area contributed by atoms with E-state index in [-0.39, 0.29) is 30.3 Å². The van der Waals surface area contributed by atoms with Crippen molar-refractivity contribution in [2.75, 3.05) is 5.32 Å². The average molecular weight is 302 g/mol. The highest BCUT2D eigenvalue weighted by Crippen LogP contribution is 2.18. The number of rotatable bonds is 3. The Morgan fingerprint density at radius 2 is 2.18 bits per heavy atom. The number of piperazine rings is 1. The number of quaternary nitrogens is 1. The summed E-state index contributed by atoms with van der Waals surface area (Å²) < 4.78 is 0. The van der Waals surface area contributed by atoms with Crippen LogP contribution >= 0.6 is 0 Å². The molecule has 2 aliphatic rings. The summed E-state index contributed by atoms with van der Waals surface area (Å²) in [6.07, 6.45) is 4.82. The molecule has 1 heterocycles. The zero-order valence-electron chi connectivity index (χ0n) is 13.0. The molecule has 1 aliphatic carbocycles. The summed E-state index contributed by atoms with van der Waals surface area (Å²) in [4.78, 5) is 24.4. The second-order valence-corrected chi connectivity index (χ2v) is 6.48. The quantitative estimate of drug-likeness (QED) is 0.769. The van der Waals surface area contributed by atoms with Gasteiger partial charge in [-0.15, -0.1) is 0 Å². The number of carbonyl (C=O) groups is 2. The summed E-state index contributed by atoms with van der Waals surface area (Å²) in [5.41, 5.74) is 1.89. The molecule has 5 heteroatoms. The number of nitrogens with one attached hydrogen (secondary N) is 2. The molecule has 3 atom stereocenters. The number of benzene rings is 1. The highest BCUT2D eigenvalue weighted by Gasteiger charge is 2.40. The summed E-state index contributed by atoms with van der Waals surface area (Å²) in [7, 11) is 0. The topological polar surface area (TPSA) is 74.8 Å². The standard InChI is InChI=1S/C17H23N3O2/c1-11-5-4-6-12(9-11)18-16(21)10-15-17(22)20-14-8-3-2-7-13(14)19-15/h4-6,9,13-15,19H,2-3,7-8,10H2,1H3,(H,18,21)(H,20,22)/p+1/t13-,14-,15-/m0/s1. The first-order chi connectivity index (χ1) is 10.6. The fourth-order valence-corrected chi connectivity index (χ4v) is 3.54. The van der Waals surface area contributed by atoms with Gasteiger partial charge >= 0.3 is 0 Å². The van der Waals surface area contributed by atoms with Crippen molar-refractivity contribution in [2.45, 2.75) is 57.2 Å². The van der Waals surface area contributed by atoms with Crippen molar-refractivity contribution in [3.63, 3.8) is 0 Å². The van der Waals surface area contributed by atoms with E-state index in [9.17, 15) is 9.59 Å². The van der Waals surface area contributed by atoms with Gasteiger partial charge in [0.15, 0.2) is 6.04 Å². The van der Waals surface area contributed by atoms with Crippen molar-refractivity contribution < 1.29 is 14.9 Å². The minimum Gasteiger partial charge on any atom is -0.342 e. The van der Waals surface area contributed by atoms with E-state index in [0.29, 0.717) is 6.04 Å². The van der Waals surface area contributed by atoms with Crippen LogP contribution in [0.25, 0.3) is 0 Å². The summed E-state index contributed by atoms with van der Waals surface area (Å²) in [6, 6.07) is 8.12. The molecular weight excluding hydrogens is 278 g/mol. The number of amides is 2. The Balaban J connectivity index is 1.57. The van der Waals surface area contributed by atoms with E-state index >= 15 is 0 Å². The second kappa shape index (κ2) is 6.48. The van der Waals surface area contributed by atoms with Crippen molar-refractivity contribution >= 4 is 17.5 Å². The third-order valence-electron chi connectivity index (χ3n) is 4.67. The first-order valence-corrected chi connectivity index (χ1v) is 8.14. The van der Waals surface area contributed by atoms with Crippen molar-refractivity contribution in [3.8, 4) is 0 Å². The van der Waals surface area contributed by atoms with Crippen LogP contribution in [0.3, 0.4) is 0 Å². The third-order valence-corrected chi connectivity index (χ3v) is 4.67. The van der Waals surface area contributed by atoms with Gasteiger partial charge in [-0.3, -0.25) is 9.59 Å². The molecule has 1 saturated carbocycles. The van der Waals surface area contributed by atoms with Gasteiger partial charge < -0.3 is 16.0 Å². The van der Waals surface area contributed by atoms with Crippen molar-refractivity contribution in [1.82, 2.24) is 5.32 Å². The van der Waals surface area contributed by atoms with Gasteiger partial charge in [0.25, 0.3) is 5.91 Å². The van der Waals surface area contributed by atoms with Crippen LogP contribution in [0.4, 0.5) is 5.69 Å². The Morgan fingerprint density at radius 3 is 3.00 bits per heavy atom. The number of carbonyl (C=O) groups excluding carboxylic acids is 2. The molecule has 2 fully saturated rings. The molecule has 0 unspecified atom stereocenters. The van der Waals surface area contributed by atoms with Gasteiger partial charge in [-0.2, -0.15) is 0 Å². The Morgan fingerprint density at radius 1 is 1.36 bits per heavy atom. The first kappa shape index (κ1) is 15.0. The Bertz CT molecular complexity index is 573. The lowest BCUT2D eigenvalue weighted by Gasteiger charge is -2.37. The number of hydrogen-bond donors (Lipinski definition) is 3. The average Bonchev–Trinajstić information content (AvgIpc) is 2.48. The first-order valence-electron chi connectivity index (χ1n) is 8.14. The van der Waals surface area contributed by atoms with Crippen LogP contribution in [0.1, 0.15) is 37.7 Å². The molecule has 0 spiro atoms. The van der Waals surface area contributed by atoms with Gasteiger partial charge in [-0.1, -0.05) is 18.6 Å². The number of hydrogen-bond acceptors (Lipinski definition) is 2. The number of aryl methyl sites for hydroxylation is 1. The molecule has 4 N–H and O–H groups in total. The number of anilines is 1. The smallest absolute Gasteiger partial charge is 0.279 e. The molecule has 3 rings (SSSR count). The SMILES string of the molecule is Cc1cccc(NC(=O)C[C@@H]2[NH2+][C@H]3CCCC[C@@H]3NC2=O)c1. The molecule has 0 radical (unpaired) electrons. The Hall–Kier alpha value is -1.88. The summed E-state index contributed by atoms with van der Waals surface area (Å²) in [6.45, 7) is 1.99. The van der Waals surface area contributed by atoms with Crippen molar-refractivity contribution in [2.24, 2.45) is 0 Å². The van der Waals surface area contributed by atoms with Crippen LogP contribution in [0.5, 0.6) is 0 Å². The van der Waals surface area contributed by atoms with Crippen LogP contribution < -0.4 is 16.0 Å². The largest absolute Gasteiger partial charge is 0.342 e. The molecule has 2 amide bonds. The lowest BCUT2D eigenvalue weighted by Crippen LogP contribution is -3.03. The molecule has 0 aromatic heterocycles. The van der Waals surface area contributed by atoms with E-state index in [2.05, 4.69) is 16.0 Å². The van der Waals surface area contributed by atoms with Gasteiger partial charge in [0.1, 0.15) is 6.04 Å². The molecule has 5 nitrogen and oxygen atoms in total.